The van der Waals surface area contributed by atoms with Crippen LogP contribution >= 0.6 is 23.1 Å². The number of benzene rings is 1. The van der Waals surface area contributed by atoms with Crippen molar-refractivity contribution < 1.29 is 0 Å². The third-order valence-electron chi connectivity index (χ3n) is 4.91. The molecule has 5 rings (SSSR count). The van der Waals surface area contributed by atoms with E-state index in [1.807, 2.05) is 25.1 Å². The zero-order valence-electron chi connectivity index (χ0n) is 15.0. The van der Waals surface area contributed by atoms with Gasteiger partial charge in [0.05, 0.1) is 16.7 Å². The molecule has 1 aliphatic carbocycles. The first kappa shape index (κ1) is 16.9. The second kappa shape index (κ2) is 6.73. The number of thioether (sulfide) groups is 1. The molecular formula is C20H19N5S2. The number of nitrogens with zero attached hydrogens (tertiary/aromatic N) is 4. The number of anilines is 1. The maximum Gasteiger partial charge on any atom is 0.142 e. The van der Waals surface area contributed by atoms with E-state index in [1.54, 1.807) is 23.1 Å². The lowest BCUT2D eigenvalue weighted by Crippen LogP contribution is -2.02. The Kier molecular flexibility index (Phi) is 4.21. The molecule has 0 bridgehead atoms. The van der Waals surface area contributed by atoms with Crippen LogP contribution in [0.5, 0.6) is 0 Å². The average molecular weight is 394 g/mol. The van der Waals surface area contributed by atoms with Crippen LogP contribution in [-0.2, 0) is 18.6 Å². The fraction of sp³-hybridized carbons (Fsp3) is 0.300. The van der Waals surface area contributed by atoms with E-state index in [4.69, 9.17) is 10.7 Å². The number of aromatic nitrogens is 4. The fourth-order valence-electron chi connectivity index (χ4n) is 3.70. The normalized spacial score (nSPS) is 14.0. The molecule has 4 aromatic rings. The van der Waals surface area contributed by atoms with Gasteiger partial charge in [0.1, 0.15) is 27.3 Å². The van der Waals surface area contributed by atoms with Gasteiger partial charge in [-0.2, -0.15) is 0 Å². The number of fused-ring (bicyclic) bond motifs is 4. The molecule has 0 aliphatic heterocycles. The van der Waals surface area contributed by atoms with Crippen LogP contribution in [-0.4, -0.2) is 19.9 Å². The summed E-state index contributed by atoms with van der Waals surface area (Å²) in [7, 11) is 0. The van der Waals surface area contributed by atoms with Crippen molar-refractivity contribution in [3.8, 4) is 0 Å². The van der Waals surface area contributed by atoms with Crippen molar-refractivity contribution in [2.75, 3.05) is 5.73 Å². The van der Waals surface area contributed by atoms with Gasteiger partial charge in [-0.25, -0.2) is 19.9 Å². The standard InChI is InChI=1S/C20H19N5S2/c1-11-22-14-8-4-2-6-12(14)19(23-11)26-10-16-24-18(21)17-13-7-3-5-9-15(13)27-20(17)25-16/h2,4,6,8H,3,5,7,9-10H2,1H3,(H2,21,24,25). The highest BCUT2D eigenvalue weighted by Gasteiger charge is 2.20. The summed E-state index contributed by atoms with van der Waals surface area (Å²) in [5.41, 5.74) is 8.68. The molecular weight excluding hydrogens is 374 g/mol. The van der Waals surface area contributed by atoms with E-state index >= 15 is 0 Å². The summed E-state index contributed by atoms with van der Waals surface area (Å²) in [6.07, 6.45) is 4.74. The van der Waals surface area contributed by atoms with Crippen LogP contribution < -0.4 is 5.73 Å². The zero-order valence-corrected chi connectivity index (χ0v) is 16.7. The number of nitrogens with two attached hydrogens (primary N) is 1. The molecule has 0 saturated heterocycles. The SMILES string of the molecule is Cc1nc(SCc2nc(N)c3c4c(sc3n2)CCCC4)c2ccccc2n1. The molecule has 3 heterocycles. The number of para-hydroxylation sites is 1. The van der Waals surface area contributed by atoms with Gasteiger partial charge < -0.3 is 5.73 Å². The van der Waals surface area contributed by atoms with Gasteiger partial charge in [0.2, 0.25) is 0 Å². The molecule has 0 saturated carbocycles. The number of hydrogen-bond acceptors (Lipinski definition) is 7. The van der Waals surface area contributed by atoms with Crippen molar-refractivity contribution in [2.45, 2.75) is 43.4 Å². The quantitative estimate of drug-likeness (QED) is 0.402. The van der Waals surface area contributed by atoms with Crippen molar-refractivity contribution in [3.05, 3.63) is 46.4 Å². The topological polar surface area (TPSA) is 77.6 Å². The lowest BCUT2D eigenvalue weighted by Gasteiger charge is -2.10. The molecule has 136 valence electrons. The van der Waals surface area contributed by atoms with E-state index in [9.17, 15) is 0 Å². The summed E-state index contributed by atoms with van der Waals surface area (Å²) in [6, 6.07) is 8.09. The van der Waals surface area contributed by atoms with Gasteiger partial charge >= 0.3 is 0 Å². The predicted molar refractivity (Wildman–Crippen MR) is 112 cm³/mol. The van der Waals surface area contributed by atoms with Crippen LogP contribution in [0.1, 0.15) is 34.9 Å². The predicted octanol–water partition coefficient (Wildman–Crippen LogP) is 4.70. The molecule has 0 amide bonds. The molecule has 0 spiro atoms. The van der Waals surface area contributed by atoms with Crippen LogP contribution in [0.3, 0.4) is 0 Å². The molecule has 0 fully saturated rings. The number of hydrogen-bond donors (Lipinski definition) is 1. The van der Waals surface area contributed by atoms with Crippen LogP contribution in [0.15, 0.2) is 29.3 Å². The Balaban J connectivity index is 1.49. The minimum atomic E-state index is 0.624. The molecule has 0 atom stereocenters. The van der Waals surface area contributed by atoms with E-state index in [-0.39, 0.29) is 0 Å². The molecule has 5 nitrogen and oxygen atoms in total. The lowest BCUT2D eigenvalue weighted by molar-refractivity contribution is 0.700. The summed E-state index contributed by atoms with van der Waals surface area (Å²) in [6.45, 7) is 1.92. The third kappa shape index (κ3) is 3.04. The van der Waals surface area contributed by atoms with Crippen LogP contribution in [0, 0.1) is 6.92 Å². The number of aryl methyl sites for hydroxylation is 3. The summed E-state index contributed by atoms with van der Waals surface area (Å²) in [4.78, 5) is 21.0. The number of nitrogen functional groups attached to an aromatic ring is 1. The minimum Gasteiger partial charge on any atom is -0.383 e. The zero-order chi connectivity index (χ0) is 18.4. The number of thiophene rings is 1. The Labute approximate surface area is 165 Å². The Bertz CT molecular complexity index is 1170. The summed E-state index contributed by atoms with van der Waals surface area (Å²) >= 11 is 3.43. The highest BCUT2D eigenvalue weighted by molar-refractivity contribution is 7.98. The summed E-state index contributed by atoms with van der Waals surface area (Å²) in [5, 5.41) is 3.12. The molecule has 1 aliphatic rings. The van der Waals surface area contributed by atoms with E-state index in [0.717, 1.165) is 50.6 Å². The second-order valence-corrected chi connectivity index (χ2v) is 8.85. The largest absolute Gasteiger partial charge is 0.383 e. The smallest absolute Gasteiger partial charge is 0.142 e. The van der Waals surface area contributed by atoms with E-state index in [0.29, 0.717) is 11.6 Å². The van der Waals surface area contributed by atoms with E-state index in [1.165, 1.54) is 23.3 Å². The Hall–Kier alpha value is -2.25. The molecule has 0 unspecified atom stereocenters. The van der Waals surface area contributed by atoms with Crippen molar-refractivity contribution >= 4 is 50.0 Å². The highest BCUT2D eigenvalue weighted by Crippen LogP contribution is 2.38. The van der Waals surface area contributed by atoms with Gasteiger partial charge in [0.15, 0.2) is 0 Å². The molecule has 1 aromatic carbocycles. The lowest BCUT2D eigenvalue weighted by atomic mass is 9.97. The maximum atomic E-state index is 6.33. The van der Waals surface area contributed by atoms with Gasteiger partial charge in [-0.3, -0.25) is 0 Å². The van der Waals surface area contributed by atoms with Crippen molar-refractivity contribution in [1.82, 2.24) is 19.9 Å². The van der Waals surface area contributed by atoms with Crippen molar-refractivity contribution in [2.24, 2.45) is 0 Å². The Morgan fingerprint density at radius 2 is 1.93 bits per heavy atom. The van der Waals surface area contributed by atoms with Crippen molar-refractivity contribution in [3.63, 3.8) is 0 Å². The van der Waals surface area contributed by atoms with Gasteiger partial charge in [-0.05, 0) is 44.2 Å². The van der Waals surface area contributed by atoms with Gasteiger partial charge in [0, 0.05) is 10.3 Å². The number of rotatable bonds is 3. The highest BCUT2D eigenvalue weighted by atomic mass is 32.2. The molecule has 2 N–H and O–H groups in total. The van der Waals surface area contributed by atoms with Crippen LogP contribution in [0.25, 0.3) is 21.1 Å². The maximum absolute atomic E-state index is 6.33. The van der Waals surface area contributed by atoms with Crippen LogP contribution in [0.2, 0.25) is 0 Å². The fourth-order valence-corrected chi connectivity index (χ4v) is 5.91. The molecule has 7 heteroatoms. The Morgan fingerprint density at radius 1 is 1.07 bits per heavy atom. The molecule has 0 radical (unpaired) electrons. The summed E-state index contributed by atoms with van der Waals surface area (Å²) in [5.74, 6) is 2.81. The van der Waals surface area contributed by atoms with Crippen LogP contribution in [0.4, 0.5) is 5.82 Å². The molecule has 27 heavy (non-hydrogen) atoms. The van der Waals surface area contributed by atoms with E-state index < -0.39 is 0 Å². The van der Waals surface area contributed by atoms with E-state index in [2.05, 4.69) is 21.0 Å². The first-order valence-corrected chi connectivity index (χ1v) is 10.9. The second-order valence-electron chi connectivity index (χ2n) is 6.80. The molecule has 3 aromatic heterocycles. The summed E-state index contributed by atoms with van der Waals surface area (Å²) < 4.78 is 0. The van der Waals surface area contributed by atoms with Gasteiger partial charge in [-0.15, -0.1) is 11.3 Å². The van der Waals surface area contributed by atoms with Gasteiger partial charge in [-0.1, -0.05) is 30.0 Å². The van der Waals surface area contributed by atoms with Crippen molar-refractivity contribution in [1.29, 1.82) is 0 Å². The average Bonchev–Trinajstić information content (AvgIpc) is 3.04. The van der Waals surface area contributed by atoms with Gasteiger partial charge in [0.25, 0.3) is 0 Å². The first-order chi connectivity index (χ1) is 13.2. The third-order valence-corrected chi connectivity index (χ3v) is 7.08. The first-order valence-electron chi connectivity index (χ1n) is 9.12. The Morgan fingerprint density at radius 3 is 2.85 bits per heavy atom. The monoisotopic (exact) mass is 393 g/mol. The minimum absolute atomic E-state index is 0.624.